The van der Waals surface area contributed by atoms with Crippen LogP contribution in [-0.2, 0) is 13.5 Å². The summed E-state index contributed by atoms with van der Waals surface area (Å²) < 4.78 is 7.70. The molecule has 1 aromatic carbocycles. The van der Waals surface area contributed by atoms with Crippen LogP contribution in [0.15, 0.2) is 12.1 Å². The predicted octanol–water partition coefficient (Wildman–Crippen LogP) is 9.01. The summed E-state index contributed by atoms with van der Waals surface area (Å²) in [7, 11) is 8.15. The molecule has 4 rings (SSSR count). The fourth-order valence-corrected chi connectivity index (χ4v) is 8.28. The number of aryl methyl sites for hydroxylation is 1. The monoisotopic (exact) mass is 626 g/mol. The lowest BCUT2D eigenvalue weighted by molar-refractivity contribution is 0.0909. The van der Waals surface area contributed by atoms with Gasteiger partial charge in [0.1, 0.15) is 5.82 Å². The van der Waals surface area contributed by atoms with Gasteiger partial charge < -0.3 is 14.5 Å². The third kappa shape index (κ3) is 8.40. The maximum absolute atomic E-state index is 14.2. The Morgan fingerprint density at radius 2 is 1.77 bits per heavy atom. The molecule has 0 amide bonds. The number of carbonyl (C=O) groups is 1. The number of rotatable bonds is 15. The quantitative estimate of drug-likeness (QED) is 0.185. The van der Waals surface area contributed by atoms with E-state index in [-0.39, 0.29) is 11.7 Å². The van der Waals surface area contributed by atoms with Crippen molar-refractivity contribution < 1.29 is 9.53 Å². The van der Waals surface area contributed by atoms with E-state index in [9.17, 15) is 4.79 Å². The number of ether oxygens (including phenoxy) is 1. The summed E-state index contributed by atoms with van der Waals surface area (Å²) in [4.78, 5) is 19.1. The molecule has 0 spiro atoms. The number of piperidine rings is 1. The maximum atomic E-state index is 14.2. The van der Waals surface area contributed by atoms with Gasteiger partial charge >= 0.3 is 0 Å². The molecule has 7 heteroatoms. The Hall–Kier alpha value is -2.05. The number of halogens is 1. The molecule has 1 saturated heterocycles. The second-order valence-corrected chi connectivity index (χ2v) is 14.3. The number of Topliss-reactive ketones (excluding diaryl/α,β-unsaturated/α-hetero) is 1. The zero-order valence-electron chi connectivity index (χ0n) is 28.8. The van der Waals surface area contributed by atoms with Gasteiger partial charge in [0.2, 0.25) is 5.88 Å². The van der Waals surface area contributed by atoms with E-state index < -0.39 is 0 Å². The van der Waals surface area contributed by atoms with Gasteiger partial charge in [-0.3, -0.25) is 4.79 Å². The second kappa shape index (κ2) is 16.5. The van der Waals surface area contributed by atoms with Gasteiger partial charge in [-0.2, -0.15) is 0 Å². The molecule has 2 unspecified atom stereocenters. The van der Waals surface area contributed by atoms with Gasteiger partial charge in [0.25, 0.3) is 0 Å². The molecule has 2 aromatic rings. The van der Waals surface area contributed by atoms with Crippen LogP contribution in [0.25, 0.3) is 0 Å². The van der Waals surface area contributed by atoms with Gasteiger partial charge in [0.05, 0.1) is 12.7 Å². The molecular formula is C37H59ClN4O2. The minimum atomic E-state index is -0.0735. The number of ketones is 1. The summed E-state index contributed by atoms with van der Waals surface area (Å²) >= 11 is 6.78. The first kappa shape index (κ1) is 34.8. The number of carbonyl (C=O) groups excluding carboxylic acids is 1. The smallest absolute Gasteiger partial charge is 0.237 e. The van der Waals surface area contributed by atoms with Crippen LogP contribution in [0.5, 0.6) is 5.88 Å². The fraction of sp³-hybridized carbons (Fsp3) is 0.730. The van der Waals surface area contributed by atoms with E-state index in [4.69, 9.17) is 21.4 Å². The fourth-order valence-electron chi connectivity index (χ4n) is 8.05. The SMILES string of the molecule is CCCC(CCC1CCC(N(C)C)CC1)c1cc(Cl)cc(C(=O)C(CC)CCc2c(OC)nn(C)c2N2CCCCC2)c1C. The average molecular weight is 627 g/mol. The van der Waals surface area contributed by atoms with E-state index in [1.807, 2.05) is 17.8 Å². The molecule has 6 nitrogen and oxygen atoms in total. The zero-order chi connectivity index (χ0) is 31.8. The summed E-state index contributed by atoms with van der Waals surface area (Å²) in [5.74, 6) is 3.26. The molecule has 2 aliphatic rings. The zero-order valence-corrected chi connectivity index (χ0v) is 29.5. The van der Waals surface area contributed by atoms with E-state index in [2.05, 4.69) is 50.7 Å². The molecular weight excluding hydrogens is 568 g/mol. The van der Waals surface area contributed by atoms with E-state index >= 15 is 0 Å². The van der Waals surface area contributed by atoms with Crippen molar-refractivity contribution >= 4 is 23.2 Å². The predicted molar refractivity (Wildman–Crippen MR) is 185 cm³/mol. The molecule has 0 N–H and O–H groups in total. The average Bonchev–Trinajstić information content (AvgIpc) is 3.35. The Bertz CT molecular complexity index is 1210. The van der Waals surface area contributed by atoms with E-state index in [0.29, 0.717) is 16.8 Å². The Morgan fingerprint density at radius 1 is 1.07 bits per heavy atom. The highest BCUT2D eigenvalue weighted by Gasteiger charge is 2.29. The molecule has 1 aliphatic carbocycles. The number of hydrogen-bond acceptors (Lipinski definition) is 5. The number of methoxy groups -OCH3 is 1. The maximum Gasteiger partial charge on any atom is 0.237 e. The van der Waals surface area contributed by atoms with Crippen molar-refractivity contribution in [2.24, 2.45) is 18.9 Å². The molecule has 2 fully saturated rings. The molecule has 1 saturated carbocycles. The molecule has 2 heterocycles. The minimum Gasteiger partial charge on any atom is -0.480 e. The number of aromatic nitrogens is 2. The van der Waals surface area contributed by atoms with Crippen LogP contribution in [0.2, 0.25) is 5.02 Å². The van der Waals surface area contributed by atoms with Crippen molar-refractivity contribution in [3.05, 3.63) is 39.4 Å². The number of nitrogens with zero attached hydrogens (tertiary/aromatic N) is 4. The second-order valence-electron chi connectivity index (χ2n) is 13.9. The van der Waals surface area contributed by atoms with Gasteiger partial charge in [-0.25, -0.2) is 4.68 Å². The molecule has 44 heavy (non-hydrogen) atoms. The highest BCUT2D eigenvalue weighted by Crippen LogP contribution is 2.38. The summed E-state index contributed by atoms with van der Waals surface area (Å²) in [6.45, 7) is 8.67. The first-order valence-electron chi connectivity index (χ1n) is 17.5. The van der Waals surface area contributed by atoms with Crippen LogP contribution in [0.4, 0.5) is 5.82 Å². The molecule has 2 atom stereocenters. The van der Waals surface area contributed by atoms with Crippen molar-refractivity contribution in [3.8, 4) is 5.88 Å². The first-order chi connectivity index (χ1) is 21.2. The van der Waals surface area contributed by atoms with Crippen molar-refractivity contribution in [1.82, 2.24) is 14.7 Å². The standard InChI is InChI=1S/C37H59ClN4O2/c1-8-13-29(17-14-27-15-19-31(20-16-27)40(4)5)33-24-30(38)25-34(26(33)3)35(43)28(9-2)18-21-32-36(44-7)39-41(6)37(32)42-22-11-10-12-23-42/h24-25,27-29,31H,8-23H2,1-7H3. The van der Waals surface area contributed by atoms with Crippen LogP contribution in [0.3, 0.4) is 0 Å². The largest absolute Gasteiger partial charge is 0.480 e. The Morgan fingerprint density at radius 3 is 2.39 bits per heavy atom. The molecule has 1 aromatic heterocycles. The van der Waals surface area contributed by atoms with Gasteiger partial charge in [-0.15, -0.1) is 5.10 Å². The van der Waals surface area contributed by atoms with E-state index in [1.165, 1.54) is 63.4 Å². The highest BCUT2D eigenvalue weighted by atomic mass is 35.5. The lowest BCUT2D eigenvalue weighted by atomic mass is 9.78. The van der Waals surface area contributed by atoms with Crippen LogP contribution in [-0.4, -0.2) is 60.8 Å². The van der Waals surface area contributed by atoms with Crippen molar-refractivity contribution in [1.29, 1.82) is 0 Å². The van der Waals surface area contributed by atoms with Gasteiger partial charge in [0.15, 0.2) is 5.78 Å². The van der Waals surface area contributed by atoms with Crippen molar-refractivity contribution in [2.75, 3.05) is 39.2 Å². The van der Waals surface area contributed by atoms with Gasteiger partial charge in [-0.1, -0.05) is 31.9 Å². The van der Waals surface area contributed by atoms with E-state index in [0.717, 1.165) is 79.7 Å². The minimum absolute atomic E-state index is 0.0735. The lowest BCUT2D eigenvalue weighted by Crippen LogP contribution is -2.32. The third-order valence-corrected chi connectivity index (χ3v) is 11.0. The topological polar surface area (TPSA) is 50.6 Å². The molecule has 246 valence electrons. The molecule has 0 bridgehead atoms. The van der Waals surface area contributed by atoms with Crippen molar-refractivity contribution in [2.45, 2.75) is 123 Å². The van der Waals surface area contributed by atoms with Crippen LogP contribution in [0, 0.1) is 18.8 Å². The lowest BCUT2D eigenvalue weighted by Gasteiger charge is -2.33. The summed E-state index contributed by atoms with van der Waals surface area (Å²) in [6, 6.07) is 4.83. The summed E-state index contributed by atoms with van der Waals surface area (Å²) in [5.41, 5.74) is 4.39. The van der Waals surface area contributed by atoms with Crippen LogP contribution in [0.1, 0.15) is 130 Å². The third-order valence-electron chi connectivity index (χ3n) is 10.8. The van der Waals surface area contributed by atoms with Gasteiger partial charge in [0, 0.05) is 42.7 Å². The molecule has 1 aliphatic heterocycles. The summed E-state index contributed by atoms with van der Waals surface area (Å²) in [5, 5.41) is 5.39. The normalized spacial score (nSPS) is 20.6. The number of benzene rings is 1. The van der Waals surface area contributed by atoms with Crippen LogP contribution < -0.4 is 9.64 Å². The Kier molecular flexibility index (Phi) is 13.1. The Labute approximate surface area is 272 Å². The Balaban J connectivity index is 1.50. The molecule has 0 radical (unpaired) electrons. The first-order valence-corrected chi connectivity index (χ1v) is 17.9. The van der Waals surface area contributed by atoms with Crippen LogP contribution >= 0.6 is 11.6 Å². The van der Waals surface area contributed by atoms with Gasteiger partial charge in [-0.05, 0) is 140 Å². The van der Waals surface area contributed by atoms with Crippen molar-refractivity contribution in [3.63, 3.8) is 0 Å². The highest BCUT2D eigenvalue weighted by molar-refractivity contribution is 6.31. The van der Waals surface area contributed by atoms with E-state index in [1.54, 1.807) is 7.11 Å². The summed E-state index contributed by atoms with van der Waals surface area (Å²) in [6.07, 6.45) is 16.0. The number of hydrogen-bond donors (Lipinski definition) is 0. The number of anilines is 1.